The zero-order chi connectivity index (χ0) is 15.6. The summed E-state index contributed by atoms with van der Waals surface area (Å²) in [5.74, 6) is 0. The summed E-state index contributed by atoms with van der Waals surface area (Å²) in [6.45, 7) is 14.0. The SMILES string of the molecule is C=Cc1ccccc1.CC.CCC.Cc1ccccc1. The molecule has 0 bridgehead atoms. The molecule has 0 unspecified atom stereocenters. The third kappa shape index (κ3) is 14.2. The van der Waals surface area contributed by atoms with Crippen LogP contribution in [0, 0.1) is 6.92 Å². The van der Waals surface area contributed by atoms with Gasteiger partial charge in [-0.05, 0) is 12.5 Å². The van der Waals surface area contributed by atoms with Crippen molar-refractivity contribution in [2.24, 2.45) is 0 Å². The lowest BCUT2D eigenvalue weighted by atomic mass is 10.2. The molecule has 0 saturated carbocycles. The van der Waals surface area contributed by atoms with Crippen molar-refractivity contribution >= 4 is 6.08 Å². The van der Waals surface area contributed by atoms with Gasteiger partial charge in [0.2, 0.25) is 0 Å². The molecule has 0 saturated heterocycles. The maximum absolute atomic E-state index is 3.63. The van der Waals surface area contributed by atoms with Gasteiger partial charge in [-0.3, -0.25) is 0 Å². The largest absolute Gasteiger partial charge is 0.0985 e. The van der Waals surface area contributed by atoms with E-state index < -0.39 is 0 Å². The minimum atomic E-state index is 1.17. The van der Waals surface area contributed by atoms with Crippen molar-refractivity contribution in [2.45, 2.75) is 41.0 Å². The summed E-state index contributed by atoms with van der Waals surface area (Å²) in [4.78, 5) is 0. The molecule has 0 aliphatic carbocycles. The van der Waals surface area contributed by atoms with Crippen molar-refractivity contribution in [3.05, 3.63) is 78.4 Å². The van der Waals surface area contributed by atoms with Crippen molar-refractivity contribution < 1.29 is 0 Å². The van der Waals surface area contributed by atoms with Crippen LogP contribution < -0.4 is 0 Å². The van der Waals surface area contributed by atoms with Gasteiger partial charge in [-0.25, -0.2) is 0 Å². The van der Waals surface area contributed by atoms with Crippen LogP contribution in [0.5, 0.6) is 0 Å². The minimum Gasteiger partial charge on any atom is -0.0985 e. The van der Waals surface area contributed by atoms with E-state index in [9.17, 15) is 0 Å². The van der Waals surface area contributed by atoms with E-state index in [0.717, 1.165) is 0 Å². The molecule has 0 nitrogen and oxygen atoms in total. The van der Waals surface area contributed by atoms with Crippen molar-refractivity contribution in [1.29, 1.82) is 0 Å². The van der Waals surface area contributed by atoms with E-state index in [-0.39, 0.29) is 0 Å². The molecule has 20 heavy (non-hydrogen) atoms. The average Bonchev–Trinajstić information content (AvgIpc) is 2.52. The van der Waals surface area contributed by atoms with Crippen LogP contribution in [0.4, 0.5) is 0 Å². The monoisotopic (exact) mass is 270 g/mol. The molecule has 0 spiro atoms. The lowest BCUT2D eigenvalue weighted by Gasteiger charge is -1.85. The molecule has 0 heteroatoms. The number of benzene rings is 2. The fraction of sp³-hybridized carbons (Fsp3) is 0.300. The molecule has 2 aromatic rings. The van der Waals surface area contributed by atoms with Crippen molar-refractivity contribution in [3.63, 3.8) is 0 Å². The number of hydrogen-bond donors (Lipinski definition) is 0. The molecule has 2 rings (SSSR count). The molecule has 2 aromatic carbocycles. The summed E-state index contributed by atoms with van der Waals surface area (Å²) >= 11 is 0. The van der Waals surface area contributed by atoms with Gasteiger partial charge in [-0.2, -0.15) is 0 Å². The summed E-state index contributed by atoms with van der Waals surface area (Å²) < 4.78 is 0. The van der Waals surface area contributed by atoms with Crippen molar-refractivity contribution in [1.82, 2.24) is 0 Å². The zero-order valence-electron chi connectivity index (χ0n) is 13.8. The lowest BCUT2D eigenvalue weighted by molar-refractivity contribution is 1.09. The molecule has 0 radical (unpaired) electrons. The highest BCUT2D eigenvalue weighted by Gasteiger charge is 1.75. The molecule has 0 amide bonds. The highest BCUT2D eigenvalue weighted by Crippen LogP contribution is 1.97. The Bertz CT molecular complexity index is 387. The first-order valence-corrected chi connectivity index (χ1v) is 7.43. The summed E-state index contributed by atoms with van der Waals surface area (Å²) in [6, 6.07) is 20.3. The summed E-state index contributed by atoms with van der Waals surface area (Å²) in [6.07, 6.45) is 3.08. The molecule has 0 N–H and O–H groups in total. The van der Waals surface area contributed by atoms with E-state index in [2.05, 4.69) is 39.5 Å². The Morgan fingerprint density at radius 3 is 1.35 bits per heavy atom. The van der Waals surface area contributed by atoms with Gasteiger partial charge in [0.25, 0.3) is 0 Å². The average molecular weight is 270 g/mol. The Labute approximate surface area is 126 Å². The molecule has 0 aromatic heterocycles. The van der Waals surface area contributed by atoms with Crippen LogP contribution in [0.1, 0.15) is 45.2 Å². The van der Waals surface area contributed by atoms with E-state index in [1.165, 1.54) is 17.5 Å². The Balaban J connectivity index is 0. The first-order chi connectivity index (χ1) is 9.74. The second-order valence-corrected chi connectivity index (χ2v) is 3.98. The fourth-order valence-electron chi connectivity index (χ4n) is 1.12. The van der Waals surface area contributed by atoms with Crippen LogP contribution in [0.15, 0.2) is 67.2 Å². The Hall–Kier alpha value is -1.82. The quantitative estimate of drug-likeness (QED) is 0.536. The van der Waals surface area contributed by atoms with Gasteiger partial charge in [0.15, 0.2) is 0 Å². The molecule has 0 aliphatic rings. The maximum Gasteiger partial charge on any atom is -0.0263 e. The standard InChI is InChI=1S/C8H8.C7H8.C3H8.C2H6/c1-2-8-6-4-3-5-7-8;1-7-5-3-2-4-6-7;1-3-2;1-2/h2-7H,1H2;2-6H,1H3;3H2,1-2H3;1-2H3. The second-order valence-electron chi connectivity index (χ2n) is 3.98. The number of hydrogen-bond acceptors (Lipinski definition) is 0. The van der Waals surface area contributed by atoms with Crippen molar-refractivity contribution in [2.75, 3.05) is 0 Å². The van der Waals surface area contributed by atoms with Gasteiger partial charge in [0.1, 0.15) is 0 Å². The summed E-state index contributed by atoms with van der Waals surface area (Å²) in [5, 5.41) is 0. The normalized spacial score (nSPS) is 7.65. The van der Waals surface area contributed by atoms with Crippen LogP contribution in [0.2, 0.25) is 0 Å². The molecule has 0 aliphatic heterocycles. The van der Waals surface area contributed by atoms with E-state index >= 15 is 0 Å². The molecule has 0 heterocycles. The van der Waals surface area contributed by atoms with Gasteiger partial charge in [0.05, 0.1) is 0 Å². The van der Waals surface area contributed by atoms with E-state index in [1.807, 2.05) is 68.5 Å². The maximum atomic E-state index is 3.63. The number of aryl methyl sites for hydroxylation is 1. The molecular weight excluding hydrogens is 240 g/mol. The predicted molar refractivity (Wildman–Crippen MR) is 95.0 cm³/mol. The fourth-order valence-corrected chi connectivity index (χ4v) is 1.12. The Kier molecular flexibility index (Phi) is 17.6. The second kappa shape index (κ2) is 17.2. The van der Waals surface area contributed by atoms with Gasteiger partial charge in [-0.1, -0.05) is 113 Å². The van der Waals surface area contributed by atoms with Gasteiger partial charge < -0.3 is 0 Å². The smallest absolute Gasteiger partial charge is 0.0263 e. The molecule has 0 atom stereocenters. The molecule has 0 fully saturated rings. The van der Waals surface area contributed by atoms with Crippen LogP contribution in [-0.2, 0) is 0 Å². The zero-order valence-corrected chi connectivity index (χ0v) is 13.8. The Morgan fingerprint density at radius 2 is 1.15 bits per heavy atom. The first kappa shape index (κ1) is 20.5. The summed E-state index contributed by atoms with van der Waals surface area (Å²) in [5.41, 5.74) is 2.50. The third-order valence-electron chi connectivity index (χ3n) is 1.98. The number of rotatable bonds is 1. The Morgan fingerprint density at radius 1 is 0.800 bits per heavy atom. The first-order valence-electron chi connectivity index (χ1n) is 7.43. The molecular formula is C20H30. The van der Waals surface area contributed by atoms with Gasteiger partial charge in [-0.15, -0.1) is 0 Å². The van der Waals surface area contributed by atoms with E-state index in [1.54, 1.807) is 0 Å². The predicted octanol–water partition coefficient (Wildman–Crippen LogP) is 6.77. The van der Waals surface area contributed by atoms with E-state index in [4.69, 9.17) is 0 Å². The van der Waals surface area contributed by atoms with Crippen LogP contribution in [0.25, 0.3) is 6.08 Å². The van der Waals surface area contributed by atoms with Crippen LogP contribution >= 0.6 is 0 Å². The van der Waals surface area contributed by atoms with Crippen LogP contribution in [0.3, 0.4) is 0 Å². The highest BCUT2D eigenvalue weighted by molar-refractivity contribution is 5.45. The van der Waals surface area contributed by atoms with Gasteiger partial charge in [0, 0.05) is 0 Å². The molecule has 110 valence electrons. The van der Waals surface area contributed by atoms with Crippen LogP contribution in [-0.4, -0.2) is 0 Å². The minimum absolute atomic E-state index is 1.17. The van der Waals surface area contributed by atoms with Crippen molar-refractivity contribution in [3.8, 4) is 0 Å². The highest BCUT2D eigenvalue weighted by atomic mass is 13.8. The van der Waals surface area contributed by atoms with E-state index in [0.29, 0.717) is 0 Å². The summed E-state index contributed by atoms with van der Waals surface area (Å²) in [7, 11) is 0. The van der Waals surface area contributed by atoms with Gasteiger partial charge >= 0.3 is 0 Å². The third-order valence-corrected chi connectivity index (χ3v) is 1.98. The lowest BCUT2D eigenvalue weighted by Crippen LogP contribution is -1.63. The topological polar surface area (TPSA) is 0 Å².